The molecule has 0 aromatic heterocycles. The Balaban J connectivity index is 1.78. The van der Waals surface area contributed by atoms with Gasteiger partial charge in [0.15, 0.2) is 0 Å². The Bertz CT molecular complexity index is 573. The van der Waals surface area contributed by atoms with Gasteiger partial charge in [-0.25, -0.2) is 4.79 Å². The lowest BCUT2D eigenvalue weighted by Gasteiger charge is -2.32. The van der Waals surface area contributed by atoms with Crippen LogP contribution < -0.4 is 10.5 Å². The molecule has 1 aliphatic rings. The van der Waals surface area contributed by atoms with Gasteiger partial charge in [0, 0.05) is 38.4 Å². The molecule has 0 radical (unpaired) electrons. The lowest BCUT2D eigenvalue weighted by Crippen LogP contribution is -2.48. The number of carbonyl (C=O) groups is 1. The standard InChI is InChI=1S/C15H20F3N3O3/c16-15(17,18)12-10-11(19)2-3-13(12)24-9-1-4-20-5-7-21(8-6-20)14(22)23/h2-3,10H,1,4-9,19H2,(H,22,23). The van der Waals surface area contributed by atoms with E-state index in [0.29, 0.717) is 39.1 Å². The first-order chi connectivity index (χ1) is 11.3. The summed E-state index contributed by atoms with van der Waals surface area (Å²) in [5.41, 5.74) is 4.56. The largest absolute Gasteiger partial charge is 0.493 e. The van der Waals surface area contributed by atoms with Gasteiger partial charge in [-0.1, -0.05) is 0 Å². The molecule has 1 saturated heterocycles. The van der Waals surface area contributed by atoms with Crippen molar-refractivity contribution in [2.45, 2.75) is 12.6 Å². The first-order valence-corrected chi connectivity index (χ1v) is 7.57. The van der Waals surface area contributed by atoms with Crippen LogP contribution in [0.4, 0.5) is 23.7 Å². The molecule has 1 amide bonds. The Hall–Kier alpha value is -2.16. The molecule has 3 N–H and O–H groups in total. The predicted molar refractivity (Wildman–Crippen MR) is 82.0 cm³/mol. The molecule has 0 spiro atoms. The first kappa shape index (κ1) is 18.2. The van der Waals surface area contributed by atoms with E-state index in [0.717, 1.165) is 6.07 Å². The maximum atomic E-state index is 12.9. The quantitative estimate of drug-likeness (QED) is 0.631. The fraction of sp³-hybridized carbons (Fsp3) is 0.533. The third-order valence-corrected chi connectivity index (χ3v) is 3.83. The van der Waals surface area contributed by atoms with Gasteiger partial charge in [0.05, 0.1) is 12.2 Å². The summed E-state index contributed by atoms with van der Waals surface area (Å²) in [6, 6.07) is 3.46. The van der Waals surface area contributed by atoms with Crippen LogP contribution in [0.15, 0.2) is 18.2 Å². The molecule has 6 nitrogen and oxygen atoms in total. The lowest BCUT2D eigenvalue weighted by atomic mass is 10.1. The van der Waals surface area contributed by atoms with Gasteiger partial charge in [-0.3, -0.25) is 4.90 Å². The number of ether oxygens (including phenoxy) is 1. The second-order valence-electron chi connectivity index (χ2n) is 5.57. The molecule has 1 aromatic carbocycles. The molecule has 0 unspecified atom stereocenters. The van der Waals surface area contributed by atoms with Crippen LogP contribution in [0.2, 0.25) is 0 Å². The highest BCUT2D eigenvalue weighted by Crippen LogP contribution is 2.37. The number of nitrogens with two attached hydrogens (primary N) is 1. The molecule has 0 bridgehead atoms. The van der Waals surface area contributed by atoms with Gasteiger partial charge in [-0.15, -0.1) is 0 Å². The molecule has 1 aliphatic heterocycles. The Morgan fingerprint density at radius 3 is 2.50 bits per heavy atom. The Labute approximate surface area is 137 Å². The number of anilines is 1. The minimum absolute atomic E-state index is 0.0333. The van der Waals surface area contributed by atoms with Gasteiger partial charge in [0.2, 0.25) is 0 Å². The maximum Gasteiger partial charge on any atom is 0.420 e. The first-order valence-electron chi connectivity index (χ1n) is 7.57. The van der Waals surface area contributed by atoms with E-state index in [1.54, 1.807) is 0 Å². The highest BCUT2D eigenvalue weighted by molar-refractivity contribution is 5.65. The Morgan fingerprint density at radius 1 is 1.25 bits per heavy atom. The topological polar surface area (TPSA) is 79.0 Å². The molecule has 24 heavy (non-hydrogen) atoms. The summed E-state index contributed by atoms with van der Waals surface area (Å²) in [6.07, 6.45) is -4.90. The molecule has 134 valence electrons. The zero-order chi connectivity index (χ0) is 17.7. The fourth-order valence-corrected chi connectivity index (χ4v) is 2.53. The van der Waals surface area contributed by atoms with E-state index in [4.69, 9.17) is 15.6 Å². The molecule has 0 saturated carbocycles. The molecule has 2 rings (SSSR count). The normalized spacial score (nSPS) is 16.2. The second kappa shape index (κ2) is 7.61. The van der Waals surface area contributed by atoms with Crippen LogP contribution in [0.1, 0.15) is 12.0 Å². The number of benzene rings is 1. The van der Waals surface area contributed by atoms with Crippen molar-refractivity contribution in [2.75, 3.05) is 45.1 Å². The van der Waals surface area contributed by atoms with Gasteiger partial charge in [0.25, 0.3) is 0 Å². The minimum Gasteiger partial charge on any atom is -0.493 e. The summed E-state index contributed by atoms with van der Waals surface area (Å²) in [5, 5.41) is 8.86. The van der Waals surface area contributed by atoms with Crippen molar-refractivity contribution in [1.29, 1.82) is 0 Å². The number of rotatable bonds is 5. The van der Waals surface area contributed by atoms with Crippen molar-refractivity contribution in [1.82, 2.24) is 9.80 Å². The zero-order valence-electron chi connectivity index (χ0n) is 13.1. The summed E-state index contributed by atoms with van der Waals surface area (Å²) in [4.78, 5) is 14.2. The van der Waals surface area contributed by atoms with Crippen LogP contribution in [0.3, 0.4) is 0 Å². The van der Waals surface area contributed by atoms with E-state index in [9.17, 15) is 18.0 Å². The summed E-state index contributed by atoms with van der Waals surface area (Å²) < 4.78 is 44.1. The maximum absolute atomic E-state index is 12.9. The van der Waals surface area contributed by atoms with Crippen LogP contribution in [-0.4, -0.2) is 60.3 Å². The zero-order valence-corrected chi connectivity index (χ0v) is 13.1. The second-order valence-corrected chi connectivity index (χ2v) is 5.57. The molecule has 1 aromatic rings. The van der Waals surface area contributed by atoms with E-state index in [1.165, 1.54) is 17.0 Å². The van der Waals surface area contributed by atoms with E-state index in [1.807, 2.05) is 0 Å². The van der Waals surface area contributed by atoms with Crippen molar-refractivity contribution in [2.24, 2.45) is 0 Å². The van der Waals surface area contributed by atoms with Gasteiger partial charge < -0.3 is 20.5 Å². The van der Waals surface area contributed by atoms with Crippen molar-refractivity contribution < 1.29 is 27.8 Å². The SMILES string of the molecule is Nc1ccc(OCCCN2CCN(C(=O)O)CC2)c(C(F)(F)F)c1. The van der Waals surface area contributed by atoms with Crippen molar-refractivity contribution in [3.8, 4) is 5.75 Å². The van der Waals surface area contributed by atoms with Crippen LogP contribution in [0.5, 0.6) is 5.75 Å². The van der Waals surface area contributed by atoms with Crippen molar-refractivity contribution in [3.05, 3.63) is 23.8 Å². The van der Waals surface area contributed by atoms with Gasteiger partial charge in [-0.2, -0.15) is 13.2 Å². The minimum atomic E-state index is -4.52. The predicted octanol–water partition coefficient (Wildman–Crippen LogP) is 2.35. The number of nitrogens with zero attached hydrogens (tertiary/aromatic N) is 2. The number of piperazine rings is 1. The molecule has 0 aliphatic carbocycles. The van der Waals surface area contributed by atoms with E-state index in [-0.39, 0.29) is 18.0 Å². The molecule has 0 atom stereocenters. The number of nitrogen functional groups attached to an aromatic ring is 1. The van der Waals surface area contributed by atoms with Crippen LogP contribution >= 0.6 is 0 Å². The summed E-state index contributed by atoms with van der Waals surface area (Å²) in [6.45, 7) is 2.89. The highest BCUT2D eigenvalue weighted by atomic mass is 19.4. The van der Waals surface area contributed by atoms with E-state index in [2.05, 4.69) is 4.90 Å². The lowest BCUT2D eigenvalue weighted by molar-refractivity contribution is -0.138. The smallest absolute Gasteiger partial charge is 0.420 e. The van der Waals surface area contributed by atoms with Crippen molar-refractivity contribution >= 4 is 11.8 Å². The fourth-order valence-electron chi connectivity index (χ4n) is 2.53. The average Bonchev–Trinajstić information content (AvgIpc) is 2.52. The number of alkyl halides is 3. The van der Waals surface area contributed by atoms with Gasteiger partial charge in [-0.05, 0) is 24.6 Å². The number of carboxylic acid groups (broad SMARTS) is 1. The number of halogens is 3. The molecule has 1 heterocycles. The summed E-state index contributed by atoms with van der Waals surface area (Å²) >= 11 is 0. The molecular weight excluding hydrogens is 327 g/mol. The van der Waals surface area contributed by atoms with Gasteiger partial charge >= 0.3 is 12.3 Å². The molecule has 9 heteroatoms. The van der Waals surface area contributed by atoms with Crippen molar-refractivity contribution in [3.63, 3.8) is 0 Å². The number of amides is 1. The molecular formula is C15H20F3N3O3. The number of hydrogen-bond donors (Lipinski definition) is 2. The highest BCUT2D eigenvalue weighted by Gasteiger charge is 2.34. The Kier molecular flexibility index (Phi) is 5.76. The van der Waals surface area contributed by atoms with E-state index < -0.39 is 17.8 Å². The average molecular weight is 347 g/mol. The summed E-state index contributed by atoms with van der Waals surface area (Å²) in [7, 11) is 0. The van der Waals surface area contributed by atoms with Crippen LogP contribution in [0.25, 0.3) is 0 Å². The van der Waals surface area contributed by atoms with E-state index >= 15 is 0 Å². The van der Waals surface area contributed by atoms with Crippen LogP contribution in [-0.2, 0) is 6.18 Å². The Morgan fingerprint density at radius 2 is 1.92 bits per heavy atom. The molecule has 1 fully saturated rings. The summed E-state index contributed by atoms with van der Waals surface area (Å²) in [5.74, 6) is -0.229. The van der Waals surface area contributed by atoms with Gasteiger partial charge in [0.1, 0.15) is 5.75 Å². The number of hydrogen-bond acceptors (Lipinski definition) is 4. The van der Waals surface area contributed by atoms with Crippen LogP contribution in [0, 0.1) is 0 Å². The third kappa shape index (κ3) is 4.92. The third-order valence-electron chi connectivity index (χ3n) is 3.83. The monoisotopic (exact) mass is 347 g/mol.